The monoisotopic (exact) mass is 600 g/mol. The van der Waals surface area contributed by atoms with Crippen molar-refractivity contribution in [2.45, 2.75) is 24.4 Å². The van der Waals surface area contributed by atoms with Gasteiger partial charge in [0, 0.05) is 24.8 Å². The van der Waals surface area contributed by atoms with Gasteiger partial charge in [0.25, 0.3) is 5.91 Å². The van der Waals surface area contributed by atoms with E-state index in [9.17, 15) is 13.2 Å². The normalized spacial score (nSPS) is 13.5. The summed E-state index contributed by atoms with van der Waals surface area (Å²) in [6, 6.07) is 23.0. The van der Waals surface area contributed by atoms with Gasteiger partial charge in [0.1, 0.15) is 21.7 Å². The predicted molar refractivity (Wildman–Crippen MR) is 162 cm³/mol. The highest BCUT2D eigenvalue weighted by Gasteiger charge is 2.29. The zero-order valence-corrected chi connectivity index (χ0v) is 24.7. The first kappa shape index (κ1) is 27.8. The Kier molecular flexibility index (Phi) is 7.63. The highest BCUT2D eigenvalue weighted by Crippen LogP contribution is 2.40. The van der Waals surface area contributed by atoms with Crippen molar-refractivity contribution in [2.24, 2.45) is 0 Å². The van der Waals surface area contributed by atoms with Gasteiger partial charge in [-0.15, -0.1) is 0 Å². The number of rotatable bonds is 8. The molecule has 214 valence electrons. The maximum absolute atomic E-state index is 14.0. The van der Waals surface area contributed by atoms with Crippen LogP contribution in [-0.4, -0.2) is 49.4 Å². The zero-order chi connectivity index (χ0) is 29.3. The summed E-state index contributed by atoms with van der Waals surface area (Å²) in [5.41, 5.74) is 3.76. The van der Waals surface area contributed by atoms with Gasteiger partial charge in [-0.25, -0.2) is 13.4 Å². The Balaban J connectivity index is 1.32. The molecule has 2 aromatic heterocycles. The molecule has 0 spiro atoms. The van der Waals surface area contributed by atoms with Crippen molar-refractivity contribution in [1.82, 2.24) is 14.3 Å². The van der Waals surface area contributed by atoms with Crippen LogP contribution in [0.1, 0.15) is 27.2 Å². The van der Waals surface area contributed by atoms with E-state index in [0.717, 1.165) is 10.3 Å². The van der Waals surface area contributed by atoms with Gasteiger partial charge in [-0.3, -0.25) is 14.7 Å². The Hall–Kier alpha value is -4.32. The molecule has 9 nitrogen and oxygen atoms in total. The third-order valence-electron chi connectivity index (χ3n) is 7.26. The topological polar surface area (TPSA) is 102 Å². The number of nitrogens with zero attached hydrogens (tertiary/aromatic N) is 4. The molecular formula is C31H28N4O5S2. The lowest BCUT2D eigenvalue weighted by Crippen LogP contribution is -2.36. The van der Waals surface area contributed by atoms with Crippen LogP contribution >= 0.6 is 11.3 Å². The van der Waals surface area contributed by atoms with Crippen molar-refractivity contribution in [2.75, 3.05) is 25.7 Å². The van der Waals surface area contributed by atoms with Gasteiger partial charge < -0.3 is 9.47 Å². The summed E-state index contributed by atoms with van der Waals surface area (Å²) in [6.45, 7) is 0.890. The average molecular weight is 601 g/mol. The molecule has 1 amide bonds. The summed E-state index contributed by atoms with van der Waals surface area (Å²) in [5, 5.41) is 0.437. The average Bonchev–Trinajstić information content (AvgIpc) is 3.48. The fourth-order valence-electron chi connectivity index (χ4n) is 5.02. The molecule has 0 N–H and O–H groups in total. The maximum atomic E-state index is 14.0. The lowest BCUT2D eigenvalue weighted by molar-refractivity contribution is 0.0984. The summed E-state index contributed by atoms with van der Waals surface area (Å²) < 4.78 is 40.2. The Labute approximate surface area is 248 Å². The van der Waals surface area contributed by atoms with Crippen molar-refractivity contribution in [3.05, 3.63) is 107 Å². The molecular weight excluding hydrogens is 572 g/mol. The molecule has 42 heavy (non-hydrogen) atoms. The van der Waals surface area contributed by atoms with Crippen molar-refractivity contribution in [3.63, 3.8) is 0 Å². The van der Waals surface area contributed by atoms with Crippen LogP contribution in [0.4, 0.5) is 5.13 Å². The third-order valence-corrected chi connectivity index (χ3v) is 10.2. The van der Waals surface area contributed by atoms with Gasteiger partial charge in [0.2, 0.25) is 10.0 Å². The smallest absolute Gasteiger partial charge is 0.260 e. The minimum atomic E-state index is -3.74. The molecule has 1 aliphatic heterocycles. The number of sulfonamides is 1. The molecule has 0 fully saturated rings. The van der Waals surface area contributed by atoms with Gasteiger partial charge in [0.15, 0.2) is 5.13 Å². The summed E-state index contributed by atoms with van der Waals surface area (Å²) in [4.78, 5) is 24.8. The van der Waals surface area contributed by atoms with Crippen molar-refractivity contribution >= 4 is 42.6 Å². The Morgan fingerprint density at radius 2 is 1.64 bits per heavy atom. The van der Waals surface area contributed by atoms with Crippen LogP contribution in [0.5, 0.6) is 11.5 Å². The Bertz CT molecular complexity index is 1820. The molecule has 0 atom stereocenters. The molecule has 0 saturated carbocycles. The van der Waals surface area contributed by atoms with E-state index in [2.05, 4.69) is 4.98 Å². The largest absolute Gasteiger partial charge is 0.495 e. The fourth-order valence-corrected chi connectivity index (χ4v) is 7.51. The molecule has 0 bridgehead atoms. The van der Waals surface area contributed by atoms with Crippen LogP contribution in [-0.2, 0) is 29.5 Å². The highest BCUT2D eigenvalue weighted by atomic mass is 32.2. The van der Waals surface area contributed by atoms with Crippen molar-refractivity contribution in [1.29, 1.82) is 0 Å². The number of fused-ring (bicyclic) bond motifs is 2. The van der Waals surface area contributed by atoms with E-state index in [0.29, 0.717) is 52.9 Å². The van der Waals surface area contributed by atoms with Gasteiger partial charge in [-0.05, 0) is 66.1 Å². The predicted octanol–water partition coefficient (Wildman–Crippen LogP) is 5.30. The number of thiazole rings is 1. The number of pyridine rings is 1. The van der Waals surface area contributed by atoms with Gasteiger partial charge in [-0.2, -0.15) is 4.31 Å². The number of aromatic nitrogens is 2. The van der Waals surface area contributed by atoms with E-state index in [1.165, 1.54) is 38.2 Å². The second-order valence-electron chi connectivity index (χ2n) is 9.74. The van der Waals surface area contributed by atoms with Crippen LogP contribution in [0.15, 0.2) is 90.0 Å². The summed E-state index contributed by atoms with van der Waals surface area (Å²) in [7, 11) is -0.597. The van der Waals surface area contributed by atoms with Crippen molar-refractivity contribution in [3.8, 4) is 11.5 Å². The Morgan fingerprint density at radius 3 is 2.36 bits per heavy atom. The lowest BCUT2D eigenvalue weighted by Gasteiger charge is -2.28. The van der Waals surface area contributed by atoms with Crippen LogP contribution in [0.2, 0.25) is 0 Å². The molecule has 6 rings (SSSR count). The summed E-state index contributed by atoms with van der Waals surface area (Å²) in [5.74, 6) is 0.844. The molecule has 5 aromatic rings. The minimum Gasteiger partial charge on any atom is -0.495 e. The number of carbonyl (C=O) groups is 1. The SMILES string of the molecule is COc1ccc(OC)c2sc(N(Cc3ccccn3)C(=O)c3ccc(S(=O)(=O)N4CCc5ccccc5C4)cc3)nc12. The molecule has 3 aromatic carbocycles. The van der Waals surface area contributed by atoms with E-state index in [1.807, 2.05) is 42.5 Å². The number of hydrogen-bond acceptors (Lipinski definition) is 8. The first-order chi connectivity index (χ1) is 20.4. The van der Waals surface area contributed by atoms with Gasteiger partial charge in [0.05, 0.1) is 31.4 Å². The zero-order valence-electron chi connectivity index (χ0n) is 23.1. The van der Waals surface area contributed by atoms with Crippen LogP contribution in [0, 0.1) is 0 Å². The summed E-state index contributed by atoms with van der Waals surface area (Å²) >= 11 is 1.31. The van der Waals surface area contributed by atoms with E-state index in [1.54, 1.807) is 44.7 Å². The van der Waals surface area contributed by atoms with E-state index < -0.39 is 10.0 Å². The van der Waals surface area contributed by atoms with E-state index >= 15 is 0 Å². The van der Waals surface area contributed by atoms with Crippen LogP contribution in [0.3, 0.4) is 0 Å². The fraction of sp³-hybridized carbons (Fsp3) is 0.194. The van der Waals surface area contributed by atoms with E-state index in [-0.39, 0.29) is 17.3 Å². The third kappa shape index (κ3) is 5.22. The van der Waals surface area contributed by atoms with Gasteiger partial charge >= 0.3 is 0 Å². The number of benzene rings is 3. The molecule has 11 heteroatoms. The highest BCUT2D eigenvalue weighted by molar-refractivity contribution is 7.89. The van der Waals surface area contributed by atoms with Crippen molar-refractivity contribution < 1.29 is 22.7 Å². The molecule has 1 aliphatic rings. The second-order valence-corrected chi connectivity index (χ2v) is 12.7. The maximum Gasteiger partial charge on any atom is 0.260 e. The first-order valence-electron chi connectivity index (χ1n) is 13.3. The second kappa shape index (κ2) is 11.5. The molecule has 3 heterocycles. The number of methoxy groups -OCH3 is 2. The Morgan fingerprint density at radius 1 is 0.929 bits per heavy atom. The quantitative estimate of drug-likeness (QED) is 0.238. The number of anilines is 1. The molecule has 0 aliphatic carbocycles. The first-order valence-corrected chi connectivity index (χ1v) is 15.5. The molecule has 0 saturated heterocycles. The minimum absolute atomic E-state index is 0.143. The lowest BCUT2D eigenvalue weighted by atomic mass is 10.0. The number of amides is 1. The number of carbonyl (C=O) groups excluding carboxylic acids is 1. The standard InChI is InChI=1S/C31H28N4O5S2/c1-39-26-14-15-27(40-2)29-28(26)33-31(41-29)35(20-24-9-5-6-17-32-24)30(36)22-10-12-25(13-11-22)42(37,38)34-18-16-21-7-3-4-8-23(21)19-34/h3-15,17H,16,18-20H2,1-2H3. The van der Waals surface area contributed by atoms with Gasteiger partial charge in [-0.1, -0.05) is 41.7 Å². The van der Waals surface area contributed by atoms with E-state index in [4.69, 9.17) is 14.5 Å². The molecule has 0 unspecified atom stereocenters. The number of ether oxygens (including phenoxy) is 2. The molecule has 0 radical (unpaired) electrons. The van der Waals surface area contributed by atoms with Crippen LogP contribution < -0.4 is 14.4 Å². The summed E-state index contributed by atoms with van der Waals surface area (Å²) in [6.07, 6.45) is 2.33. The van der Waals surface area contributed by atoms with Crippen LogP contribution in [0.25, 0.3) is 10.2 Å². The number of hydrogen-bond donors (Lipinski definition) is 0.